The van der Waals surface area contributed by atoms with Crippen molar-refractivity contribution in [3.63, 3.8) is 0 Å². The normalized spacial score (nSPS) is 10.2. The fraction of sp³-hybridized carbons (Fsp3) is 0.500. The molecule has 0 atom stereocenters. The molecule has 0 heterocycles. The van der Waals surface area contributed by atoms with Crippen LogP contribution in [0.15, 0.2) is 12.1 Å². The minimum Gasteiger partial charge on any atom is -0.309 e. The molecule has 2 nitrogen and oxygen atoms in total. The monoisotopic (exact) mass is 255 g/mol. The van der Waals surface area contributed by atoms with Crippen LogP contribution in [0.5, 0.6) is 0 Å². The molecule has 0 N–H and O–H groups in total. The number of hydrogen-bond acceptors (Lipinski definition) is 2. The highest BCUT2D eigenvalue weighted by Crippen LogP contribution is 2.18. The van der Waals surface area contributed by atoms with E-state index in [0.717, 1.165) is 23.2 Å². The minimum absolute atomic E-state index is 0. The van der Waals surface area contributed by atoms with Crippen molar-refractivity contribution in [1.82, 2.24) is 4.90 Å². The number of rotatable bonds is 4. The topological polar surface area (TPSA) is 20.3 Å². The number of halogens is 1. The van der Waals surface area contributed by atoms with E-state index in [9.17, 15) is 4.79 Å². The lowest BCUT2D eigenvalue weighted by atomic mass is 9.95. The number of aryl methyl sites for hydroxylation is 3. The van der Waals surface area contributed by atoms with Crippen molar-refractivity contribution in [2.45, 2.75) is 27.2 Å². The number of carbonyl (C=O) groups is 1. The summed E-state index contributed by atoms with van der Waals surface area (Å²) in [6.07, 6.45) is 0.595. The molecule has 0 saturated carbocycles. The predicted octanol–water partition coefficient (Wildman–Crippen LogP) is 3.17. The molecule has 0 radical (unpaired) electrons. The van der Waals surface area contributed by atoms with Crippen molar-refractivity contribution in [1.29, 1.82) is 0 Å². The molecule has 0 aliphatic rings. The molecule has 0 spiro atoms. The van der Waals surface area contributed by atoms with Crippen LogP contribution in [0, 0.1) is 20.8 Å². The van der Waals surface area contributed by atoms with Gasteiger partial charge in [0.1, 0.15) is 0 Å². The van der Waals surface area contributed by atoms with Gasteiger partial charge in [0.15, 0.2) is 5.78 Å². The maximum Gasteiger partial charge on any atom is 0.164 e. The van der Waals surface area contributed by atoms with Crippen LogP contribution >= 0.6 is 12.4 Å². The molecule has 0 amide bonds. The number of ketones is 1. The van der Waals surface area contributed by atoms with Gasteiger partial charge in [-0.15, -0.1) is 12.4 Å². The van der Waals surface area contributed by atoms with E-state index >= 15 is 0 Å². The lowest BCUT2D eigenvalue weighted by Crippen LogP contribution is -2.17. The van der Waals surface area contributed by atoms with Crippen LogP contribution in [0.25, 0.3) is 0 Å². The van der Waals surface area contributed by atoms with Crippen molar-refractivity contribution < 1.29 is 4.79 Å². The van der Waals surface area contributed by atoms with E-state index in [1.165, 1.54) is 5.56 Å². The summed E-state index contributed by atoms with van der Waals surface area (Å²) in [6, 6.07) is 4.16. The van der Waals surface area contributed by atoms with Gasteiger partial charge in [-0.2, -0.15) is 0 Å². The molecule has 0 saturated heterocycles. The van der Waals surface area contributed by atoms with Gasteiger partial charge in [-0.1, -0.05) is 17.7 Å². The van der Waals surface area contributed by atoms with Crippen LogP contribution in [0.3, 0.4) is 0 Å². The number of carbonyl (C=O) groups excluding carboxylic acids is 1. The predicted molar refractivity (Wildman–Crippen MR) is 75.4 cm³/mol. The lowest BCUT2D eigenvalue weighted by Gasteiger charge is -2.12. The Morgan fingerprint density at radius 2 is 1.59 bits per heavy atom. The quantitative estimate of drug-likeness (QED) is 0.771. The van der Waals surface area contributed by atoms with E-state index < -0.39 is 0 Å². The highest BCUT2D eigenvalue weighted by Gasteiger charge is 2.12. The van der Waals surface area contributed by atoms with Crippen LogP contribution in [-0.2, 0) is 0 Å². The van der Waals surface area contributed by atoms with Crippen LogP contribution in [0.4, 0.5) is 0 Å². The molecular formula is C14H22ClNO. The van der Waals surface area contributed by atoms with Gasteiger partial charge in [-0.25, -0.2) is 0 Å². The van der Waals surface area contributed by atoms with Gasteiger partial charge >= 0.3 is 0 Å². The molecule has 17 heavy (non-hydrogen) atoms. The summed E-state index contributed by atoms with van der Waals surface area (Å²) >= 11 is 0. The summed E-state index contributed by atoms with van der Waals surface area (Å²) in [5, 5.41) is 0. The highest BCUT2D eigenvalue weighted by molar-refractivity contribution is 5.99. The zero-order valence-electron chi connectivity index (χ0n) is 11.3. The van der Waals surface area contributed by atoms with Crippen molar-refractivity contribution in [3.8, 4) is 0 Å². The van der Waals surface area contributed by atoms with E-state index in [0.29, 0.717) is 6.42 Å². The summed E-state index contributed by atoms with van der Waals surface area (Å²) in [6.45, 7) is 6.91. The fourth-order valence-corrected chi connectivity index (χ4v) is 2.07. The Kier molecular flexibility index (Phi) is 6.43. The third-order valence-corrected chi connectivity index (χ3v) is 2.74. The summed E-state index contributed by atoms with van der Waals surface area (Å²) in [5.74, 6) is 0.253. The van der Waals surface area contributed by atoms with Gasteiger partial charge in [0, 0.05) is 18.5 Å². The van der Waals surface area contributed by atoms with Gasteiger partial charge in [0.05, 0.1) is 0 Å². The fourth-order valence-electron chi connectivity index (χ4n) is 2.07. The second-order valence-corrected chi connectivity index (χ2v) is 4.75. The molecule has 0 aliphatic carbocycles. The Morgan fingerprint density at radius 1 is 1.12 bits per heavy atom. The summed E-state index contributed by atoms with van der Waals surface area (Å²) in [7, 11) is 3.98. The molecule has 0 fully saturated rings. The summed E-state index contributed by atoms with van der Waals surface area (Å²) in [4.78, 5) is 14.1. The Bertz CT molecular complexity index is 376. The third kappa shape index (κ3) is 4.49. The highest BCUT2D eigenvalue weighted by atomic mass is 35.5. The molecule has 0 unspecified atom stereocenters. The number of nitrogens with zero attached hydrogens (tertiary/aromatic N) is 1. The number of Topliss-reactive ketones (excluding diaryl/α,β-unsaturated/α-hetero) is 1. The van der Waals surface area contributed by atoms with Gasteiger partial charge in [0.25, 0.3) is 0 Å². The van der Waals surface area contributed by atoms with Gasteiger partial charge in [-0.05, 0) is 46.0 Å². The second kappa shape index (κ2) is 6.77. The molecule has 0 bridgehead atoms. The second-order valence-electron chi connectivity index (χ2n) is 4.75. The van der Waals surface area contributed by atoms with Crippen LogP contribution in [-0.4, -0.2) is 31.3 Å². The van der Waals surface area contributed by atoms with Crippen LogP contribution in [0.2, 0.25) is 0 Å². The average molecular weight is 256 g/mol. The lowest BCUT2D eigenvalue weighted by molar-refractivity contribution is 0.0971. The molecule has 3 heteroatoms. The first-order chi connectivity index (χ1) is 7.41. The minimum atomic E-state index is 0. The van der Waals surface area contributed by atoms with E-state index in [1.54, 1.807) is 0 Å². The Balaban J connectivity index is 0.00000256. The van der Waals surface area contributed by atoms with Gasteiger partial charge < -0.3 is 4.90 Å². The van der Waals surface area contributed by atoms with E-state index in [-0.39, 0.29) is 18.2 Å². The Labute approximate surface area is 110 Å². The first-order valence-corrected chi connectivity index (χ1v) is 5.67. The van der Waals surface area contributed by atoms with E-state index in [4.69, 9.17) is 0 Å². The first kappa shape index (κ1) is 16.1. The summed E-state index contributed by atoms with van der Waals surface area (Å²) in [5.41, 5.74) is 4.33. The summed E-state index contributed by atoms with van der Waals surface area (Å²) < 4.78 is 0. The average Bonchev–Trinajstić information content (AvgIpc) is 2.12. The maximum absolute atomic E-state index is 12.1. The largest absolute Gasteiger partial charge is 0.309 e. The van der Waals surface area contributed by atoms with E-state index in [2.05, 4.69) is 19.1 Å². The number of hydrogen-bond donors (Lipinski definition) is 0. The Morgan fingerprint density at radius 3 is 2.00 bits per heavy atom. The van der Waals surface area contributed by atoms with Crippen molar-refractivity contribution in [2.24, 2.45) is 0 Å². The van der Waals surface area contributed by atoms with Crippen molar-refractivity contribution in [2.75, 3.05) is 20.6 Å². The van der Waals surface area contributed by atoms with Crippen LogP contribution in [0.1, 0.15) is 33.5 Å². The zero-order chi connectivity index (χ0) is 12.3. The third-order valence-electron chi connectivity index (χ3n) is 2.74. The van der Waals surface area contributed by atoms with Crippen molar-refractivity contribution >= 4 is 18.2 Å². The van der Waals surface area contributed by atoms with Crippen LogP contribution < -0.4 is 0 Å². The first-order valence-electron chi connectivity index (χ1n) is 5.67. The zero-order valence-corrected chi connectivity index (χ0v) is 12.1. The number of benzene rings is 1. The molecular weight excluding hydrogens is 234 g/mol. The van der Waals surface area contributed by atoms with Gasteiger partial charge in [-0.3, -0.25) is 4.79 Å². The molecule has 1 rings (SSSR count). The molecule has 96 valence electrons. The Hall–Kier alpha value is -0.860. The molecule has 1 aromatic carbocycles. The molecule has 0 aromatic heterocycles. The maximum atomic E-state index is 12.1. The smallest absolute Gasteiger partial charge is 0.164 e. The standard InChI is InChI=1S/C14H21NO.ClH/c1-10-8-11(2)14(12(3)9-10)13(16)6-7-15(4)5;/h8-9H,6-7H2,1-5H3;1H. The van der Waals surface area contributed by atoms with Gasteiger partial charge in [0.2, 0.25) is 0 Å². The SMILES string of the molecule is Cc1cc(C)c(C(=O)CCN(C)C)c(C)c1.Cl. The molecule has 0 aliphatic heterocycles. The van der Waals surface area contributed by atoms with Crippen molar-refractivity contribution in [3.05, 3.63) is 34.4 Å². The van der Waals surface area contributed by atoms with E-state index in [1.807, 2.05) is 32.8 Å². The molecule has 1 aromatic rings.